The Morgan fingerprint density at radius 1 is 1.26 bits per heavy atom. The molecule has 0 fully saturated rings. The van der Waals surface area contributed by atoms with Crippen LogP contribution in [0.25, 0.3) is 33.5 Å². The van der Waals surface area contributed by atoms with Crippen LogP contribution in [0.3, 0.4) is 0 Å². The second-order valence-corrected chi connectivity index (χ2v) is 9.69. The summed E-state index contributed by atoms with van der Waals surface area (Å²) >= 11 is 0. The fourth-order valence-corrected chi connectivity index (χ4v) is 4.98. The van der Waals surface area contributed by atoms with E-state index in [0.29, 0.717) is 37.1 Å². The van der Waals surface area contributed by atoms with Crippen LogP contribution in [-0.2, 0) is 20.0 Å². The number of aryl methyl sites for hydroxylation is 1. The topological polar surface area (TPSA) is 130 Å². The van der Waals surface area contributed by atoms with Crippen LogP contribution in [0, 0.1) is 0 Å². The van der Waals surface area contributed by atoms with Crippen LogP contribution < -0.4 is 21.9 Å². The molecule has 4 rings (SSSR count). The van der Waals surface area contributed by atoms with Crippen LogP contribution in [-0.4, -0.2) is 65.3 Å². The molecular formula is C29H36FN7O2. The standard InChI is InChI=1S/C29H36FN7O2/c1-35(17-23(33)14-30)10-8-20-12-25-24(11-22(20)18-38)34-29(36(25)2)26-13-21-5-4-6-27(39-3)28(21)37(26)16-19(15-32)7-9-31/h4-7,9,11-13,15,18,23H,8,10,14,16-17,31-33H2,1-3H3/b9-7-,19-15+. The summed E-state index contributed by atoms with van der Waals surface area (Å²) in [5.74, 6) is 1.46. The number of aromatic nitrogens is 3. The number of halogens is 1. The second-order valence-electron chi connectivity index (χ2n) is 9.69. The van der Waals surface area contributed by atoms with E-state index in [1.54, 1.807) is 13.2 Å². The van der Waals surface area contributed by atoms with Gasteiger partial charge in [0.25, 0.3) is 0 Å². The Balaban J connectivity index is 1.82. The molecule has 2 aromatic carbocycles. The number of allylic oxidation sites excluding steroid dienone is 2. The maximum absolute atomic E-state index is 12.8. The summed E-state index contributed by atoms with van der Waals surface area (Å²) < 4.78 is 22.7. The van der Waals surface area contributed by atoms with Gasteiger partial charge in [0.1, 0.15) is 18.7 Å². The third-order valence-corrected chi connectivity index (χ3v) is 6.97. The molecule has 2 aromatic heterocycles. The van der Waals surface area contributed by atoms with Gasteiger partial charge in [0.2, 0.25) is 0 Å². The number of carbonyl (C=O) groups excluding carboxylic acids is 1. The van der Waals surface area contributed by atoms with Crippen molar-refractivity contribution in [3.05, 3.63) is 71.6 Å². The Morgan fingerprint density at radius 3 is 2.72 bits per heavy atom. The van der Waals surface area contributed by atoms with E-state index in [2.05, 4.69) is 10.6 Å². The molecule has 0 saturated carbocycles. The molecule has 39 heavy (non-hydrogen) atoms. The highest BCUT2D eigenvalue weighted by Gasteiger charge is 2.20. The van der Waals surface area contributed by atoms with Crippen LogP contribution >= 0.6 is 0 Å². The van der Waals surface area contributed by atoms with E-state index in [1.165, 1.54) is 12.4 Å². The van der Waals surface area contributed by atoms with Crippen molar-refractivity contribution in [2.75, 3.05) is 33.9 Å². The minimum atomic E-state index is -0.568. The Kier molecular flexibility index (Phi) is 8.68. The first-order valence-corrected chi connectivity index (χ1v) is 12.7. The summed E-state index contributed by atoms with van der Waals surface area (Å²) in [6.07, 6.45) is 6.23. The first-order chi connectivity index (χ1) is 18.8. The number of rotatable bonds is 12. The molecule has 0 amide bonds. The number of ether oxygens (including phenoxy) is 1. The molecule has 0 aliphatic heterocycles. The summed E-state index contributed by atoms with van der Waals surface area (Å²) in [4.78, 5) is 18.9. The SMILES string of the molecule is COc1cccc2cc(-c3nc4cc(C=O)c(CCN(C)CC(N)CF)cc4n3C)n(CC(/C=C\N)=C/N)c12. The number of fused-ring (bicyclic) bond motifs is 2. The normalized spacial score (nSPS) is 13.2. The highest BCUT2D eigenvalue weighted by molar-refractivity contribution is 5.93. The third-order valence-electron chi connectivity index (χ3n) is 6.97. The maximum atomic E-state index is 12.8. The van der Waals surface area contributed by atoms with Gasteiger partial charge >= 0.3 is 0 Å². The third kappa shape index (κ3) is 5.67. The predicted molar refractivity (Wildman–Crippen MR) is 154 cm³/mol. The number of aldehydes is 1. The number of hydrogen-bond acceptors (Lipinski definition) is 7. The monoisotopic (exact) mass is 533 g/mol. The lowest BCUT2D eigenvalue weighted by atomic mass is 10.0. The molecule has 1 unspecified atom stereocenters. The zero-order valence-corrected chi connectivity index (χ0v) is 22.6. The molecule has 0 radical (unpaired) electrons. The Morgan fingerprint density at radius 2 is 2.05 bits per heavy atom. The second kappa shape index (κ2) is 12.1. The van der Waals surface area contributed by atoms with Gasteiger partial charge in [-0.1, -0.05) is 12.1 Å². The number of alkyl halides is 1. The number of hydrogen-bond donors (Lipinski definition) is 3. The van der Waals surface area contributed by atoms with E-state index in [9.17, 15) is 9.18 Å². The zero-order valence-electron chi connectivity index (χ0n) is 22.6. The smallest absolute Gasteiger partial charge is 0.157 e. The molecule has 0 aliphatic rings. The van der Waals surface area contributed by atoms with Crippen molar-refractivity contribution in [2.24, 2.45) is 24.2 Å². The molecule has 2 heterocycles. The summed E-state index contributed by atoms with van der Waals surface area (Å²) in [5, 5.41) is 0.994. The van der Waals surface area contributed by atoms with Crippen LogP contribution in [0.4, 0.5) is 4.39 Å². The lowest BCUT2D eigenvalue weighted by Gasteiger charge is -2.19. The van der Waals surface area contributed by atoms with E-state index in [0.717, 1.165) is 51.1 Å². The molecule has 0 bridgehead atoms. The van der Waals surface area contributed by atoms with Gasteiger partial charge in [0.05, 0.1) is 29.4 Å². The van der Waals surface area contributed by atoms with Crippen molar-refractivity contribution < 1.29 is 13.9 Å². The molecule has 206 valence electrons. The van der Waals surface area contributed by atoms with Crippen molar-refractivity contribution >= 4 is 28.2 Å². The molecule has 0 saturated heterocycles. The van der Waals surface area contributed by atoms with Crippen LogP contribution in [0.15, 0.2) is 60.4 Å². The quantitative estimate of drug-likeness (QED) is 0.188. The minimum Gasteiger partial charge on any atom is -0.495 e. The molecule has 6 N–H and O–H groups in total. The molecule has 9 nitrogen and oxygen atoms in total. The lowest BCUT2D eigenvalue weighted by Crippen LogP contribution is -2.37. The van der Waals surface area contributed by atoms with E-state index in [-0.39, 0.29) is 0 Å². The van der Waals surface area contributed by atoms with Gasteiger partial charge < -0.3 is 36.0 Å². The molecule has 0 spiro atoms. The van der Waals surface area contributed by atoms with Crippen molar-refractivity contribution in [2.45, 2.75) is 19.0 Å². The van der Waals surface area contributed by atoms with Crippen molar-refractivity contribution in [3.63, 3.8) is 0 Å². The predicted octanol–water partition coefficient (Wildman–Crippen LogP) is 3.10. The Labute approximate surface area is 227 Å². The average molecular weight is 534 g/mol. The average Bonchev–Trinajstić information content (AvgIpc) is 3.47. The fraction of sp³-hybridized carbons (Fsp3) is 0.310. The lowest BCUT2D eigenvalue weighted by molar-refractivity contribution is 0.112. The number of likely N-dealkylation sites (N-methyl/N-ethyl adjacent to an activating group) is 1. The van der Waals surface area contributed by atoms with Crippen LogP contribution in [0.1, 0.15) is 15.9 Å². The van der Waals surface area contributed by atoms with Crippen molar-refractivity contribution in [1.29, 1.82) is 0 Å². The van der Waals surface area contributed by atoms with Gasteiger partial charge in [-0.3, -0.25) is 4.79 Å². The number of imidazole rings is 1. The van der Waals surface area contributed by atoms with Gasteiger partial charge in [0, 0.05) is 43.7 Å². The van der Waals surface area contributed by atoms with Crippen LogP contribution in [0.2, 0.25) is 0 Å². The number of nitrogens with zero attached hydrogens (tertiary/aromatic N) is 4. The summed E-state index contributed by atoms with van der Waals surface area (Å²) in [6.45, 7) is 0.964. The molecule has 0 aliphatic carbocycles. The largest absolute Gasteiger partial charge is 0.495 e. The van der Waals surface area contributed by atoms with Gasteiger partial charge in [-0.25, -0.2) is 9.37 Å². The zero-order chi connectivity index (χ0) is 28.1. The van der Waals surface area contributed by atoms with E-state index >= 15 is 0 Å². The first kappa shape index (κ1) is 27.9. The number of benzene rings is 2. The summed E-state index contributed by atoms with van der Waals surface area (Å²) in [7, 11) is 5.50. The van der Waals surface area contributed by atoms with E-state index in [1.807, 2.05) is 53.9 Å². The first-order valence-electron chi connectivity index (χ1n) is 12.7. The highest BCUT2D eigenvalue weighted by Crippen LogP contribution is 2.35. The summed E-state index contributed by atoms with van der Waals surface area (Å²) in [6, 6.07) is 11.3. The maximum Gasteiger partial charge on any atom is 0.157 e. The molecular weight excluding hydrogens is 497 g/mol. The Hall–Kier alpha value is -4.15. The number of methoxy groups -OCH3 is 1. The van der Waals surface area contributed by atoms with E-state index < -0.39 is 12.7 Å². The van der Waals surface area contributed by atoms with Crippen molar-refractivity contribution in [3.8, 4) is 17.3 Å². The minimum absolute atomic E-state index is 0.442. The van der Waals surface area contributed by atoms with Gasteiger partial charge in [-0.2, -0.15) is 0 Å². The van der Waals surface area contributed by atoms with E-state index in [4.69, 9.17) is 26.9 Å². The Bertz CT molecular complexity index is 1540. The number of carbonyl (C=O) groups is 1. The molecule has 10 heteroatoms. The van der Waals surface area contributed by atoms with Crippen molar-refractivity contribution in [1.82, 2.24) is 19.0 Å². The summed E-state index contributed by atoms with van der Waals surface area (Å²) in [5.41, 5.74) is 23.0. The van der Waals surface area contributed by atoms with Gasteiger partial charge in [-0.05, 0) is 67.3 Å². The highest BCUT2D eigenvalue weighted by atomic mass is 19.1. The van der Waals surface area contributed by atoms with Crippen LogP contribution in [0.5, 0.6) is 5.75 Å². The number of nitrogens with two attached hydrogens (primary N) is 3. The van der Waals surface area contributed by atoms with Gasteiger partial charge in [0.15, 0.2) is 5.82 Å². The number of para-hydroxylation sites is 1. The molecule has 4 aromatic rings. The molecule has 1 atom stereocenters. The fourth-order valence-electron chi connectivity index (χ4n) is 4.98. The van der Waals surface area contributed by atoms with Gasteiger partial charge in [-0.15, -0.1) is 0 Å².